The summed E-state index contributed by atoms with van der Waals surface area (Å²) in [7, 11) is 0. The lowest BCUT2D eigenvalue weighted by molar-refractivity contribution is -0.124. The predicted octanol–water partition coefficient (Wildman–Crippen LogP) is 3.23. The number of halogens is 3. The van der Waals surface area contributed by atoms with E-state index in [1.807, 2.05) is 20.8 Å². The maximum Gasteiger partial charge on any atom is 0.237 e. The molecule has 1 spiro atoms. The number of hydrogen-bond donors (Lipinski definition) is 5. The average Bonchev–Trinajstić information content (AvgIpc) is 3.29. The average molecular weight is 536 g/mol. The zero-order valence-corrected chi connectivity index (χ0v) is 21.7. The van der Waals surface area contributed by atoms with Crippen LogP contribution in [0.25, 0.3) is 0 Å². The second-order valence-electron chi connectivity index (χ2n) is 11.0. The fraction of sp³-hybridized carbons (Fsp3) is 0.481. The van der Waals surface area contributed by atoms with E-state index < -0.39 is 59.6 Å². The molecule has 0 aromatic heterocycles. The van der Waals surface area contributed by atoms with E-state index in [2.05, 4.69) is 16.0 Å². The lowest BCUT2D eigenvalue weighted by atomic mass is 9.62. The highest BCUT2D eigenvalue weighted by molar-refractivity contribution is 6.31. The number of hydrogen-bond acceptors (Lipinski definition) is 5. The third kappa shape index (κ3) is 4.97. The maximum absolute atomic E-state index is 15.4. The molecule has 4 rings (SSSR count). The van der Waals surface area contributed by atoms with E-state index in [1.165, 1.54) is 30.3 Å². The van der Waals surface area contributed by atoms with E-state index in [-0.39, 0.29) is 29.0 Å². The number of amides is 2. The molecule has 37 heavy (non-hydrogen) atoms. The minimum Gasteiger partial charge on any atom is -0.394 e. The molecule has 1 fully saturated rings. The minimum absolute atomic E-state index is 0.0622. The monoisotopic (exact) mass is 535 g/mol. The van der Waals surface area contributed by atoms with E-state index in [0.717, 1.165) is 0 Å². The van der Waals surface area contributed by atoms with Crippen LogP contribution in [-0.4, -0.2) is 53.4 Å². The van der Waals surface area contributed by atoms with Crippen molar-refractivity contribution in [3.63, 3.8) is 0 Å². The first-order valence-corrected chi connectivity index (χ1v) is 12.7. The predicted molar refractivity (Wildman–Crippen MR) is 136 cm³/mol. The Kier molecular flexibility index (Phi) is 7.63. The van der Waals surface area contributed by atoms with Crippen LogP contribution in [0.1, 0.15) is 50.7 Å². The molecule has 2 aliphatic rings. The Balaban J connectivity index is 1.90. The zero-order valence-electron chi connectivity index (χ0n) is 20.9. The molecule has 2 amide bonds. The van der Waals surface area contributed by atoms with Gasteiger partial charge in [-0.1, -0.05) is 50.6 Å². The van der Waals surface area contributed by atoms with Crippen LogP contribution in [0, 0.1) is 17.0 Å². The third-order valence-electron chi connectivity index (χ3n) is 7.21. The molecule has 5 N–H and O–H groups in total. The molecule has 200 valence electrons. The van der Waals surface area contributed by atoms with Crippen molar-refractivity contribution in [2.75, 3.05) is 18.5 Å². The Morgan fingerprint density at radius 3 is 2.57 bits per heavy atom. The summed E-state index contributed by atoms with van der Waals surface area (Å²) in [6, 6.07) is 6.80. The second-order valence-corrected chi connectivity index (χ2v) is 11.4. The van der Waals surface area contributed by atoms with Crippen LogP contribution in [0.5, 0.6) is 0 Å². The van der Waals surface area contributed by atoms with Crippen LogP contribution in [0.2, 0.25) is 5.02 Å². The number of fused-ring (bicyclic) bond motifs is 2. The molecular weight excluding hydrogens is 504 g/mol. The molecule has 2 heterocycles. The first-order chi connectivity index (χ1) is 17.4. The summed E-state index contributed by atoms with van der Waals surface area (Å²) in [5.74, 6) is -3.29. The fourth-order valence-electron chi connectivity index (χ4n) is 5.69. The lowest BCUT2D eigenvalue weighted by Gasteiger charge is -2.37. The molecule has 2 aliphatic heterocycles. The van der Waals surface area contributed by atoms with Gasteiger partial charge in [-0.25, -0.2) is 8.78 Å². The first-order valence-electron chi connectivity index (χ1n) is 12.3. The number of nitrogens with one attached hydrogen (secondary N) is 3. The highest BCUT2D eigenvalue weighted by atomic mass is 35.5. The van der Waals surface area contributed by atoms with Crippen LogP contribution in [0.3, 0.4) is 0 Å². The highest BCUT2D eigenvalue weighted by Crippen LogP contribution is 2.57. The van der Waals surface area contributed by atoms with Crippen LogP contribution in [0.4, 0.5) is 14.5 Å². The zero-order chi connectivity index (χ0) is 27.1. The van der Waals surface area contributed by atoms with Crippen molar-refractivity contribution in [2.45, 2.75) is 63.1 Å². The maximum atomic E-state index is 15.4. The summed E-state index contributed by atoms with van der Waals surface area (Å²) >= 11 is 6.03. The van der Waals surface area contributed by atoms with Gasteiger partial charge in [-0.2, -0.15) is 0 Å². The number of rotatable bonds is 7. The molecule has 0 bridgehead atoms. The van der Waals surface area contributed by atoms with Crippen molar-refractivity contribution in [3.05, 3.63) is 64.2 Å². The van der Waals surface area contributed by atoms with E-state index >= 15 is 4.39 Å². The Hall–Kier alpha value is -2.59. The summed E-state index contributed by atoms with van der Waals surface area (Å²) in [6.45, 7) is 5.57. The summed E-state index contributed by atoms with van der Waals surface area (Å²) in [6.07, 6.45) is -0.468. The molecule has 0 saturated carbocycles. The number of anilines is 1. The Bertz CT molecular complexity index is 1200. The smallest absolute Gasteiger partial charge is 0.237 e. The van der Waals surface area contributed by atoms with Crippen LogP contribution >= 0.6 is 11.6 Å². The van der Waals surface area contributed by atoms with Gasteiger partial charge < -0.3 is 26.2 Å². The largest absolute Gasteiger partial charge is 0.394 e. The molecule has 0 radical (unpaired) electrons. The number of carbonyl (C=O) groups excluding carboxylic acids is 2. The van der Waals surface area contributed by atoms with Gasteiger partial charge in [0.15, 0.2) is 0 Å². The van der Waals surface area contributed by atoms with E-state index in [9.17, 15) is 19.1 Å². The number of benzene rings is 2. The molecule has 0 aliphatic carbocycles. The Morgan fingerprint density at radius 1 is 1.22 bits per heavy atom. The number of aliphatic hydroxyl groups is 2. The standard InChI is InChI=1S/C27H32ClF2N3O4/c1-26(2,3)12-21-27(16-10-19(30)17(28)11-20(16)32-25(27)37)22(15-6-4-5-7-18(15)29)23(33-21)24(36)31-9-8-14(35)13-34/h4-7,10-11,14,21-23,33-35H,8-9,12-13H2,1-3H3,(H,31,36)(H,32,37)/t14-,21+,22-,23?,27-/m0/s1. The van der Waals surface area contributed by atoms with Gasteiger partial charge in [0.05, 0.1) is 23.8 Å². The molecule has 1 unspecified atom stereocenters. The summed E-state index contributed by atoms with van der Waals surface area (Å²) in [5.41, 5.74) is -1.02. The minimum atomic E-state index is -1.51. The van der Waals surface area contributed by atoms with Gasteiger partial charge in [0.2, 0.25) is 11.8 Å². The quantitative estimate of drug-likeness (QED) is 0.374. The Labute approximate surface area is 219 Å². The van der Waals surface area contributed by atoms with Gasteiger partial charge in [-0.15, -0.1) is 0 Å². The summed E-state index contributed by atoms with van der Waals surface area (Å²) in [5, 5.41) is 27.4. The van der Waals surface area contributed by atoms with Crippen LogP contribution in [-0.2, 0) is 15.0 Å². The lowest BCUT2D eigenvalue weighted by Crippen LogP contribution is -2.49. The molecule has 10 heteroatoms. The Morgan fingerprint density at radius 2 is 1.92 bits per heavy atom. The molecule has 5 atom stereocenters. The molecule has 1 saturated heterocycles. The number of carbonyl (C=O) groups is 2. The van der Waals surface area contributed by atoms with Gasteiger partial charge >= 0.3 is 0 Å². The van der Waals surface area contributed by atoms with Crippen molar-refractivity contribution in [3.8, 4) is 0 Å². The summed E-state index contributed by atoms with van der Waals surface area (Å²) in [4.78, 5) is 27.5. The number of aliphatic hydroxyl groups excluding tert-OH is 2. The topological polar surface area (TPSA) is 111 Å². The fourth-order valence-corrected chi connectivity index (χ4v) is 5.86. The van der Waals surface area contributed by atoms with Crippen molar-refractivity contribution >= 4 is 29.1 Å². The van der Waals surface area contributed by atoms with Crippen molar-refractivity contribution in [1.82, 2.24) is 10.6 Å². The first kappa shape index (κ1) is 27.4. The molecular formula is C27H32ClF2N3O4. The normalized spacial score (nSPS) is 25.7. The van der Waals surface area contributed by atoms with E-state index in [0.29, 0.717) is 17.7 Å². The van der Waals surface area contributed by atoms with Crippen LogP contribution in [0.15, 0.2) is 36.4 Å². The summed E-state index contributed by atoms with van der Waals surface area (Å²) < 4.78 is 30.2. The van der Waals surface area contributed by atoms with Crippen molar-refractivity contribution in [2.24, 2.45) is 5.41 Å². The molecule has 2 aromatic carbocycles. The molecule has 2 aromatic rings. The van der Waals surface area contributed by atoms with Gasteiger partial charge in [0.1, 0.15) is 17.0 Å². The van der Waals surface area contributed by atoms with E-state index in [1.54, 1.807) is 6.07 Å². The van der Waals surface area contributed by atoms with E-state index in [4.69, 9.17) is 16.7 Å². The SMILES string of the molecule is CC(C)(C)C[C@H]1NC(C(=O)NCC[C@H](O)CO)[C@H](c2ccccc2F)[C@@]12C(=O)Nc1cc(Cl)c(F)cc12. The van der Waals surface area contributed by atoms with Gasteiger partial charge in [-0.3, -0.25) is 9.59 Å². The van der Waals surface area contributed by atoms with Crippen molar-refractivity contribution in [1.29, 1.82) is 0 Å². The van der Waals surface area contributed by atoms with Crippen LogP contribution < -0.4 is 16.0 Å². The highest BCUT2D eigenvalue weighted by Gasteiger charge is 2.66. The van der Waals surface area contributed by atoms with Gasteiger partial charge in [-0.05, 0) is 47.6 Å². The second kappa shape index (κ2) is 10.3. The molecule has 7 nitrogen and oxygen atoms in total. The van der Waals surface area contributed by atoms with Gasteiger partial charge in [0.25, 0.3) is 0 Å². The van der Waals surface area contributed by atoms with Crippen molar-refractivity contribution < 1.29 is 28.6 Å². The van der Waals surface area contributed by atoms with Gasteiger partial charge in [0, 0.05) is 24.2 Å². The third-order valence-corrected chi connectivity index (χ3v) is 7.50.